The lowest BCUT2D eigenvalue weighted by molar-refractivity contribution is -0.125. The first-order valence-corrected chi connectivity index (χ1v) is 8.81. The van der Waals surface area contributed by atoms with Crippen molar-refractivity contribution in [1.82, 2.24) is 20.6 Å². The van der Waals surface area contributed by atoms with Gasteiger partial charge in [-0.3, -0.25) is 14.6 Å². The maximum Gasteiger partial charge on any atom is 0.268 e. The number of aliphatic hydroxyl groups excluding tert-OH is 1. The number of hydrogen-bond acceptors (Lipinski definition) is 5. The molecular weight excluding hydrogens is 346 g/mol. The van der Waals surface area contributed by atoms with E-state index < -0.39 is 18.1 Å². The highest BCUT2D eigenvalue weighted by Gasteiger charge is 2.37. The second-order valence-corrected chi connectivity index (χ2v) is 6.63. The van der Waals surface area contributed by atoms with E-state index >= 15 is 0 Å². The number of aromatic amines is 1. The van der Waals surface area contributed by atoms with Gasteiger partial charge in [-0.15, -0.1) is 0 Å². The largest absolute Gasteiger partial charge is 0.391 e. The molecule has 2 aromatic heterocycles. The molecular formula is C19H21N5O3. The monoisotopic (exact) mass is 367 g/mol. The number of H-pyrrole nitrogens is 1. The predicted octanol–water partition coefficient (Wildman–Crippen LogP) is 0.510. The molecule has 0 spiro atoms. The normalized spacial score (nSPS) is 21.4. The summed E-state index contributed by atoms with van der Waals surface area (Å²) in [5, 5.41) is 24.6. The zero-order valence-corrected chi connectivity index (χ0v) is 14.7. The zero-order chi connectivity index (χ0) is 19.2. The van der Waals surface area contributed by atoms with Gasteiger partial charge in [-0.25, -0.2) is 0 Å². The third-order valence-electron chi connectivity index (χ3n) is 4.74. The molecule has 0 unspecified atom stereocenters. The van der Waals surface area contributed by atoms with Gasteiger partial charge in [0.1, 0.15) is 11.8 Å². The Kier molecular flexibility index (Phi) is 5.84. The standard InChI is InChI=1S/C19H21N5O3/c20-10-13-7-16(23-11-13)19(27)24-15-8-14(9-17(15)25)18(26)22-6-3-12-1-4-21-5-2-12/h1-2,4-5,7,11,14-15,17,23,25H,3,6,8-9H2,(H,22,26)(H,24,27)/t14-,15+,17+/m0/s1. The quantitative estimate of drug-likeness (QED) is 0.591. The molecule has 0 aromatic carbocycles. The molecule has 0 aliphatic heterocycles. The lowest BCUT2D eigenvalue weighted by atomic mass is 10.1. The highest BCUT2D eigenvalue weighted by molar-refractivity contribution is 5.93. The van der Waals surface area contributed by atoms with Crippen molar-refractivity contribution in [2.45, 2.75) is 31.4 Å². The number of hydrogen-bond donors (Lipinski definition) is 4. The van der Waals surface area contributed by atoms with Gasteiger partial charge in [0.2, 0.25) is 5.91 Å². The maximum absolute atomic E-state index is 12.3. The molecule has 1 aliphatic rings. The van der Waals surface area contributed by atoms with Crippen LogP contribution in [0, 0.1) is 17.2 Å². The van der Waals surface area contributed by atoms with Crippen LogP contribution in [0.25, 0.3) is 0 Å². The number of pyridine rings is 1. The number of amides is 2. The first kappa shape index (κ1) is 18.6. The van der Waals surface area contributed by atoms with Gasteiger partial charge in [0.15, 0.2) is 0 Å². The first-order chi connectivity index (χ1) is 13.1. The second-order valence-electron chi connectivity index (χ2n) is 6.63. The van der Waals surface area contributed by atoms with E-state index in [1.54, 1.807) is 12.4 Å². The molecule has 2 amide bonds. The van der Waals surface area contributed by atoms with Gasteiger partial charge in [0, 0.05) is 31.1 Å². The molecule has 3 rings (SSSR count). The van der Waals surface area contributed by atoms with Crippen LogP contribution in [-0.4, -0.2) is 45.6 Å². The van der Waals surface area contributed by atoms with Crippen LogP contribution in [-0.2, 0) is 11.2 Å². The minimum atomic E-state index is -0.782. The smallest absolute Gasteiger partial charge is 0.268 e. The number of nitrogens with zero attached hydrogens (tertiary/aromatic N) is 2. The van der Waals surface area contributed by atoms with Gasteiger partial charge in [-0.1, -0.05) is 0 Å². The Labute approximate surface area is 156 Å². The minimum absolute atomic E-state index is 0.119. The zero-order valence-electron chi connectivity index (χ0n) is 14.7. The molecule has 8 heteroatoms. The van der Waals surface area contributed by atoms with Crippen LogP contribution in [0.15, 0.2) is 36.8 Å². The summed E-state index contributed by atoms with van der Waals surface area (Å²) in [7, 11) is 0. The Bertz CT molecular complexity index is 843. The third-order valence-corrected chi connectivity index (χ3v) is 4.74. The number of nitriles is 1. The lowest BCUT2D eigenvalue weighted by Gasteiger charge is -2.15. The number of aliphatic hydroxyl groups is 1. The van der Waals surface area contributed by atoms with E-state index in [0.29, 0.717) is 31.4 Å². The molecule has 1 saturated carbocycles. The predicted molar refractivity (Wildman–Crippen MR) is 96.4 cm³/mol. The summed E-state index contributed by atoms with van der Waals surface area (Å²) in [5.41, 5.74) is 1.70. The van der Waals surface area contributed by atoms with Crippen LogP contribution in [0.4, 0.5) is 0 Å². The summed E-state index contributed by atoms with van der Waals surface area (Å²) in [4.78, 5) is 31.2. The van der Waals surface area contributed by atoms with Crippen LogP contribution < -0.4 is 10.6 Å². The van der Waals surface area contributed by atoms with E-state index in [4.69, 9.17) is 5.26 Å². The maximum atomic E-state index is 12.3. The Morgan fingerprint density at radius 3 is 2.81 bits per heavy atom. The molecule has 0 saturated heterocycles. The van der Waals surface area contributed by atoms with Gasteiger partial charge < -0.3 is 20.7 Å². The fourth-order valence-electron chi connectivity index (χ4n) is 3.24. The molecule has 0 bridgehead atoms. The highest BCUT2D eigenvalue weighted by atomic mass is 16.3. The van der Waals surface area contributed by atoms with Gasteiger partial charge in [-0.05, 0) is 43.0 Å². The van der Waals surface area contributed by atoms with E-state index in [0.717, 1.165) is 5.56 Å². The Balaban J connectivity index is 1.47. The number of carbonyl (C=O) groups excluding carboxylic acids is 2. The average Bonchev–Trinajstić information content (AvgIpc) is 3.30. The third kappa shape index (κ3) is 4.71. The van der Waals surface area contributed by atoms with Crippen molar-refractivity contribution in [1.29, 1.82) is 5.26 Å². The number of rotatable bonds is 6. The van der Waals surface area contributed by atoms with Gasteiger partial charge >= 0.3 is 0 Å². The second kappa shape index (κ2) is 8.47. The summed E-state index contributed by atoms with van der Waals surface area (Å²) in [6, 6.07) is 6.68. The number of nitrogens with one attached hydrogen (secondary N) is 3. The minimum Gasteiger partial charge on any atom is -0.391 e. The topological polar surface area (TPSA) is 131 Å². The molecule has 27 heavy (non-hydrogen) atoms. The molecule has 1 fully saturated rings. The molecule has 4 N–H and O–H groups in total. The van der Waals surface area contributed by atoms with E-state index in [1.807, 2.05) is 18.2 Å². The number of aromatic nitrogens is 2. The van der Waals surface area contributed by atoms with Gasteiger partial charge in [0.25, 0.3) is 5.91 Å². The van der Waals surface area contributed by atoms with Gasteiger partial charge in [-0.2, -0.15) is 5.26 Å². The highest BCUT2D eigenvalue weighted by Crippen LogP contribution is 2.26. The summed E-state index contributed by atoms with van der Waals surface area (Å²) in [5.74, 6) is -0.869. The summed E-state index contributed by atoms with van der Waals surface area (Å²) >= 11 is 0. The summed E-state index contributed by atoms with van der Waals surface area (Å²) in [6.07, 6.45) is 5.47. The molecule has 3 atom stereocenters. The fourth-order valence-corrected chi connectivity index (χ4v) is 3.24. The molecule has 1 aliphatic carbocycles. The fraction of sp³-hybridized carbons (Fsp3) is 0.368. The van der Waals surface area contributed by atoms with Crippen LogP contribution in [0.5, 0.6) is 0 Å². The van der Waals surface area contributed by atoms with Crippen molar-refractivity contribution < 1.29 is 14.7 Å². The summed E-state index contributed by atoms with van der Waals surface area (Å²) < 4.78 is 0. The van der Waals surface area contributed by atoms with Crippen LogP contribution in [0.1, 0.15) is 34.5 Å². The average molecular weight is 367 g/mol. The van der Waals surface area contributed by atoms with Crippen molar-refractivity contribution in [2.24, 2.45) is 5.92 Å². The molecule has 140 valence electrons. The van der Waals surface area contributed by atoms with Crippen LogP contribution in [0.2, 0.25) is 0 Å². The lowest BCUT2D eigenvalue weighted by Crippen LogP contribution is -2.40. The number of carbonyl (C=O) groups is 2. The van der Waals surface area contributed by atoms with E-state index in [2.05, 4.69) is 20.6 Å². The van der Waals surface area contributed by atoms with Crippen molar-refractivity contribution in [3.05, 3.63) is 53.6 Å². The van der Waals surface area contributed by atoms with Crippen LogP contribution >= 0.6 is 0 Å². The van der Waals surface area contributed by atoms with Gasteiger partial charge in [0.05, 0.1) is 17.7 Å². The Morgan fingerprint density at radius 1 is 1.33 bits per heavy atom. The van der Waals surface area contributed by atoms with Crippen LogP contribution in [0.3, 0.4) is 0 Å². The molecule has 2 heterocycles. The van der Waals surface area contributed by atoms with E-state index in [9.17, 15) is 14.7 Å². The van der Waals surface area contributed by atoms with E-state index in [-0.39, 0.29) is 17.5 Å². The first-order valence-electron chi connectivity index (χ1n) is 8.81. The SMILES string of the molecule is N#Cc1c[nH]c(C(=O)N[C@@H]2C[C@H](C(=O)NCCc3ccncc3)C[C@H]2O)c1. The van der Waals surface area contributed by atoms with E-state index in [1.165, 1.54) is 12.3 Å². The summed E-state index contributed by atoms with van der Waals surface area (Å²) in [6.45, 7) is 0.506. The van der Waals surface area contributed by atoms with Crippen molar-refractivity contribution in [3.8, 4) is 6.07 Å². The van der Waals surface area contributed by atoms with Crippen molar-refractivity contribution in [3.63, 3.8) is 0 Å². The van der Waals surface area contributed by atoms with Crippen molar-refractivity contribution >= 4 is 11.8 Å². The molecule has 8 nitrogen and oxygen atoms in total. The Hall–Kier alpha value is -3.18. The Morgan fingerprint density at radius 2 is 2.11 bits per heavy atom. The molecule has 2 aromatic rings. The van der Waals surface area contributed by atoms with Crippen molar-refractivity contribution in [2.75, 3.05) is 6.54 Å². The molecule has 0 radical (unpaired) electrons.